The Morgan fingerprint density at radius 2 is 2.18 bits per heavy atom. The van der Waals surface area contributed by atoms with Crippen LogP contribution in [0.25, 0.3) is 0 Å². The van der Waals surface area contributed by atoms with Crippen LogP contribution in [0.4, 0.5) is 11.6 Å². The van der Waals surface area contributed by atoms with Gasteiger partial charge in [0.05, 0.1) is 6.10 Å². The smallest absolute Gasteiger partial charge is 0.134 e. The molecule has 0 aromatic carbocycles. The molecule has 1 aromatic rings. The Morgan fingerprint density at radius 1 is 1.41 bits per heavy atom. The topological polar surface area (TPSA) is 50.3 Å². The number of nitrogens with zero attached hydrogens (tertiary/aromatic N) is 3. The monoisotopic (exact) mass is 236 g/mol. The molecular weight excluding hydrogens is 216 g/mol. The van der Waals surface area contributed by atoms with Crippen LogP contribution in [-0.4, -0.2) is 42.8 Å². The molecule has 1 aliphatic heterocycles. The molecule has 17 heavy (non-hydrogen) atoms. The van der Waals surface area contributed by atoms with E-state index >= 15 is 0 Å². The van der Waals surface area contributed by atoms with Gasteiger partial charge in [0.25, 0.3) is 0 Å². The van der Waals surface area contributed by atoms with Crippen LogP contribution in [0, 0.1) is 0 Å². The summed E-state index contributed by atoms with van der Waals surface area (Å²) in [6.07, 6.45) is 4.16. The molecule has 0 saturated carbocycles. The first-order valence-electron chi connectivity index (χ1n) is 6.17. The van der Waals surface area contributed by atoms with Crippen LogP contribution in [0.15, 0.2) is 12.4 Å². The molecule has 2 heterocycles. The fraction of sp³-hybridized carbons (Fsp3) is 0.667. The van der Waals surface area contributed by atoms with Gasteiger partial charge in [0.1, 0.15) is 18.0 Å². The van der Waals surface area contributed by atoms with Gasteiger partial charge < -0.3 is 15.0 Å². The molecule has 0 amide bonds. The van der Waals surface area contributed by atoms with E-state index in [1.54, 1.807) is 13.4 Å². The van der Waals surface area contributed by atoms with Crippen molar-refractivity contribution in [2.75, 3.05) is 37.0 Å². The molecule has 0 atom stereocenters. The minimum atomic E-state index is 0.404. The van der Waals surface area contributed by atoms with Crippen molar-refractivity contribution in [3.63, 3.8) is 0 Å². The Labute approximate surface area is 102 Å². The third-order valence-electron chi connectivity index (χ3n) is 3.11. The van der Waals surface area contributed by atoms with Gasteiger partial charge in [-0.2, -0.15) is 0 Å². The highest BCUT2D eigenvalue weighted by Gasteiger charge is 2.19. The molecule has 1 aromatic heterocycles. The lowest BCUT2D eigenvalue weighted by molar-refractivity contribution is 0.0818. The molecular formula is C12H20N4O. The van der Waals surface area contributed by atoms with Gasteiger partial charge in [-0.3, -0.25) is 0 Å². The van der Waals surface area contributed by atoms with E-state index in [4.69, 9.17) is 4.74 Å². The van der Waals surface area contributed by atoms with Crippen LogP contribution < -0.4 is 10.2 Å². The predicted octanol–water partition coefficient (Wildman–Crippen LogP) is 1.52. The van der Waals surface area contributed by atoms with Crippen molar-refractivity contribution in [1.82, 2.24) is 9.97 Å². The average Bonchev–Trinajstić information content (AvgIpc) is 2.40. The van der Waals surface area contributed by atoms with Crippen molar-refractivity contribution in [3.8, 4) is 0 Å². The summed E-state index contributed by atoms with van der Waals surface area (Å²) in [5.74, 6) is 1.90. The third kappa shape index (κ3) is 3.06. The molecule has 1 N–H and O–H groups in total. The number of piperidine rings is 1. The Balaban J connectivity index is 2.00. The summed E-state index contributed by atoms with van der Waals surface area (Å²) >= 11 is 0. The number of hydrogen-bond donors (Lipinski definition) is 1. The van der Waals surface area contributed by atoms with Crippen LogP contribution in [0.5, 0.6) is 0 Å². The van der Waals surface area contributed by atoms with E-state index in [9.17, 15) is 0 Å². The number of rotatable bonds is 4. The zero-order valence-corrected chi connectivity index (χ0v) is 10.5. The summed E-state index contributed by atoms with van der Waals surface area (Å²) in [5, 5.41) is 3.20. The maximum absolute atomic E-state index is 5.37. The second-order valence-electron chi connectivity index (χ2n) is 4.21. The predicted molar refractivity (Wildman–Crippen MR) is 68.4 cm³/mol. The zero-order valence-electron chi connectivity index (χ0n) is 10.5. The zero-order chi connectivity index (χ0) is 12.1. The molecule has 5 heteroatoms. The van der Waals surface area contributed by atoms with Crippen LogP contribution in [0.1, 0.15) is 19.8 Å². The van der Waals surface area contributed by atoms with Gasteiger partial charge in [-0.05, 0) is 19.8 Å². The normalized spacial score (nSPS) is 17.2. The number of ether oxygens (including phenoxy) is 1. The molecule has 0 bridgehead atoms. The van der Waals surface area contributed by atoms with E-state index in [2.05, 4.69) is 27.1 Å². The lowest BCUT2D eigenvalue weighted by Crippen LogP contribution is -2.37. The number of hydrogen-bond acceptors (Lipinski definition) is 5. The third-order valence-corrected chi connectivity index (χ3v) is 3.11. The molecule has 1 fully saturated rings. The summed E-state index contributed by atoms with van der Waals surface area (Å²) in [4.78, 5) is 10.8. The minimum Gasteiger partial charge on any atom is -0.381 e. The van der Waals surface area contributed by atoms with Crippen molar-refractivity contribution in [3.05, 3.63) is 12.4 Å². The maximum Gasteiger partial charge on any atom is 0.134 e. The van der Waals surface area contributed by atoms with Gasteiger partial charge in [0.15, 0.2) is 0 Å². The summed E-state index contributed by atoms with van der Waals surface area (Å²) in [5.41, 5.74) is 0. The number of methoxy groups -OCH3 is 1. The Bertz CT molecular complexity index is 350. The van der Waals surface area contributed by atoms with Crippen molar-refractivity contribution in [1.29, 1.82) is 0 Å². The van der Waals surface area contributed by atoms with Crippen molar-refractivity contribution in [2.45, 2.75) is 25.9 Å². The van der Waals surface area contributed by atoms with Crippen molar-refractivity contribution < 1.29 is 4.74 Å². The van der Waals surface area contributed by atoms with Gasteiger partial charge in [0.2, 0.25) is 0 Å². The highest BCUT2D eigenvalue weighted by atomic mass is 16.5. The minimum absolute atomic E-state index is 0.404. The van der Waals surface area contributed by atoms with E-state index in [1.807, 2.05) is 6.07 Å². The second kappa shape index (κ2) is 5.82. The maximum atomic E-state index is 5.37. The summed E-state index contributed by atoms with van der Waals surface area (Å²) < 4.78 is 5.37. The van der Waals surface area contributed by atoms with E-state index in [1.165, 1.54) is 0 Å². The Morgan fingerprint density at radius 3 is 2.82 bits per heavy atom. The number of anilines is 2. The summed E-state index contributed by atoms with van der Waals surface area (Å²) in [6, 6.07) is 2.01. The van der Waals surface area contributed by atoms with Crippen LogP contribution in [0.3, 0.4) is 0 Å². The van der Waals surface area contributed by atoms with E-state index in [-0.39, 0.29) is 0 Å². The number of nitrogens with one attached hydrogen (secondary N) is 1. The van der Waals surface area contributed by atoms with Crippen LogP contribution in [0.2, 0.25) is 0 Å². The van der Waals surface area contributed by atoms with Gasteiger partial charge in [-0.1, -0.05) is 0 Å². The first kappa shape index (κ1) is 12.1. The molecule has 5 nitrogen and oxygen atoms in total. The lowest BCUT2D eigenvalue weighted by atomic mass is 10.1. The molecule has 2 rings (SSSR count). The Kier molecular flexibility index (Phi) is 4.14. The Hall–Kier alpha value is -1.36. The molecule has 0 unspecified atom stereocenters. The molecule has 0 aliphatic carbocycles. The highest BCUT2D eigenvalue weighted by Crippen LogP contribution is 2.20. The van der Waals surface area contributed by atoms with E-state index in [0.717, 1.165) is 44.1 Å². The fourth-order valence-electron chi connectivity index (χ4n) is 2.12. The van der Waals surface area contributed by atoms with E-state index < -0.39 is 0 Å². The van der Waals surface area contributed by atoms with Gasteiger partial charge in [-0.25, -0.2) is 9.97 Å². The SMILES string of the molecule is CCNc1cc(N2CCC(OC)CC2)ncn1. The van der Waals surface area contributed by atoms with Crippen molar-refractivity contribution in [2.24, 2.45) is 0 Å². The van der Waals surface area contributed by atoms with E-state index in [0.29, 0.717) is 6.10 Å². The molecule has 1 saturated heterocycles. The molecule has 0 spiro atoms. The largest absolute Gasteiger partial charge is 0.381 e. The first-order valence-corrected chi connectivity index (χ1v) is 6.17. The molecule has 94 valence electrons. The van der Waals surface area contributed by atoms with Crippen LogP contribution >= 0.6 is 0 Å². The van der Waals surface area contributed by atoms with Gasteiger partial charge >= 0.3 is 0 Å². The van der Waals surface area contributed by atoms with Gasteiger partial charge in [-0.15, -0.1) is 0 Å². The quantitative estimate of drug-likeness (QED) is 0.859. The van der Waals surface area contributed by atoms with Crippen LogP contribution in [-0.2, 0) is 4.74 Å². The van der Waals surface area contributed by atoms with Crippen molar-refractivity contribution >= 4 is 11.6 Å². The highest BCUT2D eigenvalue weighted by molar-refractivity contribution is 5.48. The fourth-order valence-corrected chi connectivity index (χ4v) is 2.12. The second-order valence-corrected chi connectivity index (χ2v) is 4.21. The number of aromatic nitrogens is 2. The lowest BCUT2D eigenvalue weighted by Gasteiger charge is -2.32. The van der Waals surface area contributed by atoms with Gasteiger partial charge in [0, 0.05) is 32.8 Å². The molecule has 1 aliphatic rings. The standard InChI is InChI=1S/C12H20N4O/c1-3-13-11-8-12(15-9-14-11)16-6-4-10(17-2)5-7-16/h8-10H,3-7H2,1-2H3,(H,13,14,15). The summed E-state index contributed by atoms with van der Waals surface area (Å²) in [6.45, 7) is 4.94. The summed E-state index contributed by atoms with van der Waals surface area (Å²) in [7, 11) is 1.79. The first-order chi connectivity index (χ1) is 8.33. The average molecular weight is 236 g/mol. The molecule has 0 radical (unpaired) electrons.